The summed E-state index contributed by atoms with van der Waals surface area (Å²) in [5.41, 5.74) is 2.84. The van der Waals surface area contributed by atoms with Crippen LogP contribution in [0.5, 0.6) is 0 Å². The number of amides is 1. The molecule has 1 aromatic heterocycles. The number of pyridine rings is 1. The van der Waals surface area contributed by atoms with E-state index in [-0.39, 0.29) is 23.4 Å². The number of para-hydroxylation sites is 1. The van der Waals surface area contributed by atoms with Gasteiger partial charge in [-0.2, -0.15) is 0 Å². The predicted molar refractivity (Wildman–Crippen MR) is 133 cm³/mol. The number of hydrogen-bond donors (Lipinski definition) is 1. The smallest absolute Gasteiger partial charge is 0.269 e. The average Bonchev–Trinajstić information content (AvgIpc) is 2.88. The fourth-order valence-corrected chi connectivity index (χ4v) is 3.92. The second-order valence-corrected chi connectivity index (χ2v) is 8.11. The largest absolute Gasteiger partial charge is 0.352 e. The first-order valence-electron chi connectivity index (χ1n) is 11.1. The molecular weight excluding hydrogens is 446 g/mol. The van der Waals surface area contributed by atoms with Crippen molar-refractivity contribution < 1.29 is 14.5 Å². The number of hydrogen-bond acceptors (Lipinski definition) is 5. The number of nitro benzene ring substituents is 1. The Balaban J connectivity index is 1.51. The van der Waals surface area contributed by atoms with Gasteiger partial charge in [-0.25, -0.2) is 0 Å². The Labute approximate surface area is 201 Å². The van der Waals surface area contributed by atoms with Gasteiger partial charge in [-0.3, -0.25) is 24.5 Å². The third-order valence-corrected chi connectivity index (χ3v) is 5.83. The van der Waals surface area contributed by atoms with Gasteiger partial charge in [0, 0.05) is 30.8 Å². The van der Waals surface area contributed by atoms with Crippen molar-refractivity contribution in [1.29, 1.82) is 0 Å². The van der Waals surface area contributed by atoms with Crippen molar-refractivity contribution in [3.05, 3.63) is 122 Å². The molecule has 8 heteroatoms. The van der Waals surface area contributed by atoms with E-state index in [1.807, 2.05) is 36.4 Å². The van der Waals surface area contributed by atoms with Crippen LogP contribution in [0.2, 0.25) is 0 Å². The molecule has 0 aliphatic rings. The van der Waals surface area contributed by atoms with Crippen LogP contribution in [0, 0.1) is 10.1 Å². The van der Waals surface area contributed by atoms with Crippen LogP contribution in [0.3, 0.4) is 0 Å². The number of aryl methyl sites for hydroxylation is 2. The number of nitrogens with one attached hydrogen (secondary N) is 1. The topological polar surface area (TPSA) is 111 Å². The van der Waals surface area contributed by atoms with Crippen molar-refractivity contribution in [3.63, 3.8) is 0 Å². The summed E-state index contributed by atoms with van der Waals surface area (Å²) in [5, 5.41) is 14.3. The van der Waals surface area contributed by atoms with Gasteiger partial charge in [0.2, 0.25) is 0 Å². The molecule has 0 aliphatic heterocycles. The highest BCUT2D eigenvalue weighted by atomic mass is 16.6. The van der Waals surface area contributed by atoms with Crippen molar-refractivity contribution in [2.24, 2.45) is 0 Å². The maximum Gasteiger partial charge on any atom is 0.269 e. The van der Waals surface area contributed by atoms with Gasteiger partial charge in [0.15, 0.2) is 0 Å². The molecule has 1 heterocycles. The minimum absolute atomic E-state index is 0.00850. The van der Waals surface area contributed by atoms with Crippen molar-refractivity contribution >= 4 is 28.8 Å². The lowest BCUT2D eigenvalue weighted by atomic mass is 10.1. The molecular formula is C27H23N3O5. The molecule has 176 valence electrons. The Hall–Kier alpha value is -4.59. The van der Waals surface area contributed by atoms with Gasteiger partial charge < -0.3 is 9.88 Å². The van der Waals surface area contributed by atoms with E-state index in [0.29, 0.717) is 24.9 Å². The number of non-ortho nitro benzene ring substituents is 1. The van der Waals surface area contributed by atoms with Crippen LogP contribution in [0.25, 0.3) is 10.9 Å². The zero-order valence-corrected chi connectivity index (χ0v) is 18.8. The molecule has 0 saturated carbocycles. The summed E-state index contributed by atoms with van der Waals surface area (Å²) in [6.45, 7) is 0.662. The van der Waals surface area contributed by atoms with E-state index in [0.717, 1.165) is 28.3 Å². The summed E-state index contributed by atoms with van der Waals surface area (Å²) in [6.07, 6.45) is 1.82. The Kier molecular flexibility index (Phi) is 7.11. The number of fused-ring (bicyclic) bond motifs is 1. The zero-order valence-electron chi connectivity index (χ0n) is 18.8. The fourth-order valence-electron chi connectivity index (χ4n) is 3.92. The molecule has 0 bridgehead atoms. The SMILES string of the molecule is O=Cc1ccc(CCn2c(=O)c(C(=O)NCCc3ccc([N+](=O)[O-])cc3)cc3ccccc32)cc1. The molecule has 4 aromatic rings. The normalized spacial score (nSPS) is 10.7. The first kappa shape index (κ1) is 23.6. The Morgan fingerprint density at radius 2 is 1.60 bits per heavy atom. The van der Waals surface area contributed by atoms with E-state index in [4.69, 9.17) is 0 Å². The number of carbonyl (C=O) groups excluding carboxylic acids is 2. The number of nitrogens with zero attached hydrogens (tertiary/aromatic N) is 2. The molecule has 1 amide bonds. The Bertz CT molecular complexity index is 1440. The Morgan fingerprint density at radius 1 is 0.943 bits per heavy atom. The highest BCUT2D eigenvalue weighted by Gasteiger charge is 2.15. The van der Waals surface area contributed by atoms with E-state index in [9.17, 15) is 24.5 Å². The van der Waals surface area contributed by atoms with E-state index < -0.39 is 10.8 Å². The average molecular weight is 469 g/mol. The van der Waals surface area contributed by atoms with Gasteiger partial charge in [-0.1, -0.05) is 54.6 Å². The maximum atomic E-state index is 13.3. The molecule has 0 saturated heterocycles. The molecule has 0 fully saturated rings. The highest BCUT2D eigenvalue weighted by Crippen LogP contribution is 2.15. The summed E-state index contributed by atoms with van der Waals surface area (Å²) in [5.74, 6) is -0.466. The first-order valence-corrected chi connectivity index (χ1v) is 11.1. The number of carbonyl (C=O) groups is 2. The summed E-state index contributed by atoms with van der Waals surface area (Å²) >= 11 is 0. The predicted octanol–water partition coefficient (Wildman–Crippen LogP) is 3.94. The number of rotatable bonds is 9. The maximum absolute atomic E-state index is 13.3. The number of aldehydes is 1. The van der Waals surface area contributed by atoms with Gasteiger partial charge in [0.1, 0.15) is 11.8 Å². The van der Waals surface area contributed by atoms with E-state index in [1.54, 1.807) is 34.9 Å². The third-order valence-electron chi connectivity index (χ3n) is 5.83. The Morgan fingerprint density at radius 3 is 2.29 bits per heavy atom. The fraction of sp³-hybridized carbons (Fsp3) is 0.148. The van der Waals surface area contributed by atoms with Crippen LogP contribution in [-0.4, -0.2) is 28.2 Å². The highest BCUT2D eigenvalue weighted by molar-refractivity contribution is 5.97. The minimum atomic E-state index is -0.466. The molecule has 0 radical (unpaired) electrons. The zero-order chi connectivity index (χ0) is 24.8. The molecule has 0 unspecified atom stereocenters. The van der Waals surface area contributed by atoms with Crippen LogP contribution in [0.1, 0.15) is 31.8 Å². The molecule has 1 N–H and O–H groups in total. The van der Waals surface area contributed by atoms with Crippen molar-refractivity contribution in [2.75, 3.05) is 6.54 Å². The standard InChI is InChI=1S/C27H23N3O5/c31-18-21-7-5-20(6-8-21)14-16-29-25-4-2-1-3-22(25)17-24(27(29)33)26(32)28-15-13-19-9-11-23(12-10-19)30(34)35/h1-12,17-18H,13-16H2,(H,28,32). The monoisotopic (exact) mass is 469 g/mol. The summed E-state index contributed by atoms with van der Waals surface area (Å²) in [6, 6.07) is 22.3. The quantitative estimate of drug-likeness (QED) is 0.227. The van der Waals surface area contributed by atoms with E-state index >= 15 is 0 Å². The summed E-state index contributed by atoms with van der Waals surface area (Å²) < 4.78 is 1.61. The lowest BCUT2D eigenvalue weighted by Crippen LogP contribution is -2.34. The van der Waals surface area contributed by atoms with Crippen molar-refractivity contribution in [1.82, 2.24) is 9.88 Å². The van der Waals surface area contributed by atoms with Gasteiger partial charge in [0.25, 0.3) is 17.2 Å². The van der Waals surface area contributed by atoms with E-state index in [2.05, 4.69) is 5.32 Å². The van der Waals surface area contributed by atoms with E-state index in [1.165, 1.54) is 12.1 Å². The molecule has 0 atom stereocenters. The molecule has 8 nitrogen and oxygen atoms in total. The molecule has 3 aromatic carbocycles. The van der Waals surface area contributed by atoms with Crippen LogP contribution in [0.15, 0.2) is 83.7 Å². The van der Waals surface area contributed by atoms with Crippen molar-refractivity contribution in [2.45, 2.75) is 19.4 Å². The number of aromatic nitrogens is 1. The molecule has 0 aliphatic carbocycles. The second kappa shape index (κ2) is 10.6. The number of benzene rings is 3. The van der Waals surface area contributed by atoms with Crippen LogP contribution >= 0.6 is 0 Å². The third kappa shape index (κ3) is 5.50. The minimum Gasteiger partial charge on any atom is -0.352 e. The lowest BCUT2D eigenvalue weighted by molar-refractivity contribution is -0.384. The molecule has 0 spiro atoms. The second-order valence-electron chi connectivity index (χ2n) is 8.11. The molecule has 35 heavy (non-hydrogen) atoms. The number of nitro groups is 1. The van der Waals surface area contributed by atoms with Crippen LogP contribution < -0.4 is 10.9 Å². The van der Waals surface area contributed by atoms with Gasteiger partial charge >= 0.3 is 0 Å². The molecule has 4 rings (SSSR count). The lowest BCUT2D eigenvalue weighted by Gasteiger charge is -2.13. The summed E-state index contributed by atoms with van der Waals surface area (Å²) in [7, 11) is 0. The summed E-state index contributed by atoms with van der Waals surface area (Å²) in [4.78, 5) is 47.4. The first-order chi connectivity index (χ1) is 17.0. The van der Waals surface area contributed by atoms with Gasteiger partial charge in [-0.15, -0.1) is 0 Å². The van der Waals surface area contributed by atoms with Gasteiger partial charge in [-0.05, 0) is 41.5 Å². The van der Waals surface area contributed by atoms with Gasteiger partial charge in [0.05, 0.1) is 10.4 Å². The van der Waals surface area contributed by atoms with Crippen LogP contribution in [0.4, 0.5) is 5.69 Å². The van der Waals surface area contributed by atoms with Crippen molar-refractivity contribution in [3.8, 4) is 0 Å². The van der Waals surface area contributed by atoms with Crippen LogP contribution in [-0.2, 0) is 19.4 Å².